The van der Waals surface area contributed by atoms with E-state index >= 15 is 13.2 Å². The molecule has 10 heteroatoms. The number of imidazole rings is 1. The Labute approximate surface area is 205 Å². The third-order valence-electron chi connectivity index (χ3n) is 6.47. The number of hydrogen-bond donors (Lipinski definition) is 2. The first-order chi connectivity index (χ1) is 17.3. The number of halogens is 3. The molecule has 0 spiro atoms. The molecule has 0 unspecified atom stereocenters. The van der Waals surface area contributed by atoms with Crippen LogP contribution in [0.2, 0.25) is 0 Å². The molecule has 186 valence electrons. The number of aromatic nitrogens is 3. The summed E-state index contributed by atoms with van der Waals surface area (Å²) >= 11 is 0. The lowest BCUT2D eigenvalue weighted by Gasteiger charge is -2.31. The lowest BCUT2D eigenvalue weighted by molar-refractivity contribution is 0.477. The van der Waals surface area contributed by atoms with Crippen molar-refractivity contribution in [3.63, 3.8) is 0 Å². The van der Waals surface area contributed by atoms with E-state index in [4.69, 9.17) is 5.73 Å². The van der Waals surface area contributed by atoms with Crippen LogP contribution in [0, 0.1) is 24.4 Å². The zero-order chi connectivity index (χ0) is 25.6. The summed E-state index contributed by atoms with van der Waals surface area (Å²) in [5.41, 5.74) is 6.76. The average molecular weight is 495 g/mol. The van der Waals surface area contributed by atoms with Crippen molar-refractivity contribution < 1.29 is 13.2 Å². The third kappa shape index (κ3) is 3.93. The lowest BCUT2D eigenvalue weighted by atomic mass is 10.0. The van der Waals surface area contributed by atoms with Crippen LogP contribution >= 0.6 is 0 Å². The van der Waals surface area contributed by atoms with E-state index in [1.807, 2.05) is 12.1 Å². The second-order valence-electron chi connectivity index (χ2n) is 8.80. The zero-order valence-electron chi connectivity index (χ0n) is 19.9. The molecule has 5 rings (SSSR count). The highest BCUT2D eigenvalue weighted by Crippen LogP contribution is 2.35. The van der Waals surface area contributed by atoms with Gasteiger partial charge in [-0.2, -0.15) is 0 Å². The molecule has 0 radical (unpaired) electrons. The standard InChI is InChI=1S/C26H25F3N6O/c1-15-21(27)25(23(29)22(28)24(15)34-11-9-31-10-12-34)35-20(14-33(2)26(35)36)19-13-17(7-8-32-19)16-3-5-18(30)6-4-16/h3-8,13-14,31H,9-12,30H2,1-2H3. The van der Waals surface area contributed by atoms with Gasteiger partial charge in [-0.3, -0.25) is 9.55 Å². The van der Waals surface area contributed by atoms with E-state index in [1.54, 1.807) is 29.2 Å². The van der Waals surface area contributed by atoms with E-state index in [-0.39, 0.29) is 16.9 Å². The fourth-order valence-corrected chi connectivity index (χ4v) is 4.59. The normalized spacial score (nSPS) is 13.9. The highest BCUT2D eigenvalue weighted by Gasteiger charge is 2.30. The van der Waals surface area contributed by atoms with Gasteiger partial charge >= 0.3 is 5.69 Å². The summed E-state index contributed by atoms with van der Waals surface area (Å²) in [5.74, 6) is -3.60. The summed E-state index contributed by atoms with van der Waals surface area (Å²) in [7, 11) is 1.46. The van der Waals surface area contributed by atoms with Crippen LogP contribution in [0.25, 0.3) is 28.2 Å². The highest BCUT2D eigenvalue weighted by atomic mass is 19.2. The Kier molecular flexibility index (Phi) is 6.05. The first kappa shape index (κ1) is 23.7. The topological polar surface area (TPSA) is 81.1 Å². The Morgan fingerprint density at radius 3 is 2.31 bits per heavy atom. The number of benzene rings is 2. The summed E-state index contributed by atoms with van der Waals surface area (Å²) in [6.07, 6.45) is 2.96. The molecule has 4 aromatic rings. The van der Waals surface area contributed by atoms with Gasteiger partial charge in [-0.25, -0.2) is 18.0 Å². The lowest BCUT2D eigenvalue weighted by Crippen LogP contribution is -2.44. The Bertz CT molecular complexity index is 1470. The first-order valence-corrected chi connectivity index (χ1v) is 11.5. The molecule has 1 saturated heterocycles. The molecule has 3 heterocycles. The third-order valence-corrected chi connectivity index (χ3v) is 6.47. The SMILES string of the molecule is Cc1c(F)c(-n2c(-c3cc(-c4ccc(N)cc4)ccn3)cn(C)c2=O)c(F)c(F)c1N1CCNCC1. The Hall–Kier alpha value is -4.05. The van der Waals surface area contributed by atoms with Crippen LogP contribution in [0.3, 0.4) is 0 Å². The van der Waals surface area contributed by atoms with Crippen molar-refractivity contribution in [2.45, 2.75) is 6.92 Å². The largest absolute Gasteiger partial charge is 0.399 e. The summed E-state index contributed by atoms with van der Waals surface area (Å²) in [6.45, 7) is 3.36. The van der Waals surface area contributed by atoms with Gasteiger partial charge in [-0.05, 0) is 42.3 Å². The maximum Gasteiger partial charge on any atom is 0.333 e. The minimum Gasteiger partial charge on any atom is -0.399 e. The van der Waals surface area contributed by atoms with Crippen LogP contribution in [0.15, 0.2) is 53.6 Å². The Morgan fingerprint density at radius 2 is 1.61 bits per heavy atom. The molecule has 0 aliphatic carbocycles. The number of pyridine rings is 1. The molecule has 7 nitrogen and oxygen atoms in total. The van der Waals surface area contributed by atoms with Crippen LogP contribution < -0.4 is 21.6 Å². The number of rotatable bonds is 4. The molecular weight excluding hydrogens is 469 g/mol. The molecule has 2 aromatic carbocycles. The van der Waals surface area contributed by atoms with Gasteiger partial charge < -0.3 is 20.5 Å². The molecule has 1 aliphatic heterocycles. The molecule has 0 saturated carbocycles. The predicted octanol–water partition coefficient (Wildman–Crippen LogP) is 3.62. The number of nitrogens with two attached hydrogens (primary N) is 1. The van der Waals surface area contributed by atoms with Crippen molar-refractivity contribution >= 4 is 11.4 Å². The number of aryl methyl sites for hydroxylation is 1. The maximum absolute atomic E-state index is 15.8. The zero-order valence-corrected chi connectivity index (χ0v) is 19.9. The van der Waals surface area contributed by atoms with Crippen molar-refractivity contribution in [1.29, 1.82) is 0 Å². The van der Waals surface area contributed by atoms with Gasteiger partial charge in [-0.1, -0.05) is 12.1 Å². The van der Waals surface area contributed by atoms with Gasteiger partial charge in [0, 0.05) is 56.9 Å². The van der Waals surface area contributed by atoms with Crippen LogP contribution in [-0.2, 0) is 7.05 Å². The van der Waals surface area contributed by atoms with Gasteiger partial charge in [0.25, 0.3) is 0 Å². The van der Waals surface area contributed by atoms with E-state index in [0.29, 0.717) is 37.6 Å². The monoisotopic (exact) mass is 494 g/mol. The predicted molar refractivity (Wildman–Crippen MR) is 134 cm³/mol. The molecule has 1 aliphatic rings. The van der Waals surface area contributed by atoms with Crippen molar-refractivity contribution in [2.75, 3.05) is 36.8 Å². The number of piperazine rings is 1. The molecular formula is C26H25F3N6O. The second kappa shape index (κ2) is 9.19. The summed E-state index contributed by atoms with van der Waals surface area (Å²) < 4.78 is 48.8. The average Bonchev–Trinajstić information content (AvgIpc) is 3.18. The summed E-state index contributed by atoms with van der Waals surface area (Å²) in [5, 5.41) is 3.13. The van der Waals surface area contributed by atoms with E-state index in [2.05, 4.69) is 10.3 Å². The highest BCUT2D eigenvalue weighted by molar-refractivity contribution is 5.71. The first-order valence-electron chi connectivity index (χ1n) is 11.5. The quantitative estimate of drug-likeness (QED) is 0.335. The van der Waals surface area contributed by atoms with Crippen LogP contribution in [0.1, 0.15) is 5.56 Å². The van der Waals surface area contributed by atoms with E-state index in [9.17, 15) is 4.79 Å². The second-order valence-corrected chi connectivity index (χ2v) is 8.80. The summed E-state index contributed by atoms with van der Waals surface area (Å²) in [4.78, 5) is 19.0. The van der Waals surface area contributed by atoms with Gasteiger partial charge in [0.1, 0.15) is 5.69 Å². The Balaban J connectivity index is 1.69. The number of nitrogens with zero attached hydrogens (tertiary/aromatic N) is 4. The maximum atomic E-state index is 15.8. The molecule has 36 heavy (non-hydrogen) atoms. The van der Waals surface area contributed by atoms with Gasteiger partial charge in [-0.15, -0.1) is 0 Å². The summed E-state index contributed by atoms with van der Waals surface area (Å²) in [6, 6.07) is 10.6. The van der Waals surface area contributed by atoms with Gasteiger partial charge in [0.05, 0.1) is 17.1 Å². The molecule has 0 bridgehead atoms. The van der Waals surface area contributed by atoms with Gasteiger partial charge in [0.15, 0.2) is 17.5 Å². The fourth-order valence-electron chi connectivity index (χ4n) is 4.59. The minimum absolute atomic E-state index is 0.0592. The molecule has 1 fully saturated rings. The number of hydrogen-bond acceptors (Lipinski definition) is 5. The molecule has 0 atom stereocenters. The molecule has 3 N–H and O–H groups in total. The number of anilines is 2. The van der Waals surface area contributed by atoms with Crippen LogP contribution in [0.4, 0.5) is 24.5 Å². The van der Waals surface area contributed by atoms with Crippen molar-refractivity contribution in [3.05, 3.63) is 82.3 Å². The minimum atomic E-state index is -1.42. The van der Waals surface area contributed by atoms with E-state index in [0.717, 1.165) is 15.7 Å². The fraction of sp³-hybridized carbons (Fsp3) is 0.231. The van der Waals surface area contributed by atoms with Crippen molar-refractivity contribution in [3.8, 4) is 28.2 Å². The number of nitrogen functional groups attached to an aromatic ring is 1. The van der Waals surface area contributed by atoms with E-state index in [1.165, 1.54) is 30.9 Å². The molecule has 2 aromatic heterocycles. The van der Waals surface area contributed by atoms with E-state index < -0.39 is 28.8 Å². The van der Waals surface area contributed by atoms with Crippen LogP contribution in [0.5, 0.6) is 0 Å². The van der Waals surface area contributed by atoms with Gasteiger partial charge in [0.2, 0.25) is 0 Å². The molecule has 0 amide bonds. The Morgan fingerprint density at radius 1 is 0.944 bits per heavy atom. The number of nitrogens with one attached hydrogen (secondary N) is 1. The smallest absolute Gasteiger partial charge is 0.333 e. The van der Waals surface area contributed by atoms with Crippen molar-refractivity contribution in [1.82, 2.24) is 19.4 Å². The van der Waals surface area contributed by atoms with Crippen molar-refractivity contribution in [2.24, 2.45) is 7.05 Å². The van der Waals surface area contributed by atoms with Crippen LogP contribution in [-0.4, -0.2) is 40.3 Å².